The average molecular weight is 402 g/mol. The first-order chi connectivity index (χ1) is 11.4. The SMILES string of the molecule is Cc1ccc(S[C@]2(C(F)(F)F)CC(OC(=O)C(F)(F)F)C=CS2)cc1. The van der Waals surface area contributed by atoms with E-state index in [-0.39, 0.29) is 0 Å². The van der Waals surface area contributed by atoms with Crippen LogP contribution in [0.25, 0.3) is 0 Å². The molecule has 1 unspecified atom stereocenters. The topological polar surface area (TPSA) is 26.3 Å². The van der Waals surface area contributed by atoms with Crippen molar-refractivity contribution in [2.75, 3.05) is 0 Å². The molecule has 10 heteroatoms. The van der Waals surface area contributed by atoms with Crippen molar-refractivity contribution >= 4 is 29.5 Å². The molecule has 2 rings (SSSR count). The fraction of sp³-hybridized carbons (Fsp3) is 0.400. The summed E-state index contributed by atoms with van der Waals surface area (Å²) in [6.45, 7) is 1.78. The third-order valence-electron chi connectivity index (χ3n) is 3.25. The summed E-state index contributed by atoms with van der Waals surface area (Å²) in [6, 6.07) is 6.28. The lowest BCUT2D eigenvalue weighted by molar-refractivity contribution is -0.204. The van der Waals surface area contributed by atoms with Gasteiger partial charge in [0, 0.05) is 11.3 Å². The number of hydrogen-bond donors (Lipinski definition) is 0. The molecule has 0 N–H and O–H groups in total. The van der Waals surface area contributed by atoms with Crippen LogP contribution in [0.3, 0.4) is 0 Å². The maximum absolute atomic E-state index is 13.7. The number of thioether (sulfide) groups is 2. The van der Waals surface area contributed by atoms with Crippen LogP contribution < -0.4 is 0 Å². The number of esters is 1. The van der Waals surface area contributed by atoms with Gasteiger partial charge in [-0.2, -0.15) is 26.3 Å². The summed E-state index contributed by atoms with van der Waals surface area (Å²) in [7, 11) is 0. The van der Waals surface area contributed by atoms with Crippen LogP contribution in [-0.2, 0) is 9.53 Å². The lowest BCUT2D eigenvalue weighted by atomic mass is 10.1. The van der Waals surface area contributed by atoms with Crippen LogP contribution in [0.2, 0.25) is 0 Å². The summed E-state index contributed by atoms with van der Waals surface area (Å²) in [4.78, 5) is 11.2. The summed E-state index contributed by atoms with van der Waals surface area (Å²) in [5, 5.41) is 1.02. The van der Waals surface area contributed by atoms with Crippen molar-refractivity contribution in [1.29, 1.82) is 0 Å². The van der Waals surface area contributed by atoms with E-state index in [0.717, 1.165) is 17.0 Å². The molecule has 25 heavy (non-hydrogen) atoms. The molecule has 0 amide bonds. The second-order valence-corrected chi connectivity index (χ2v) is 8.09. The Bertz CT molecular complexity index is 653. The summed E-state index contributed by atoms with van der Waals surface area (Å²) >= 11 is 0.920. The van der Waals surface area contributed by atoms with Gasteiger partial charge in [0.05, 0.1) is 0 Å². The molecule has 0 saturated carbocycles. The Morgan fingerprint density at radius 3 is 2.32 bits per heavy atom. The first-order valence-corrected chi connectivity index (χ1v) is 8.57. The van der Waals surface area contributed by atoms with E-state index in [2.05, 4.69) is 4.74 Å². The van der Waals surface area contributed by atoms with Crippen LogP contribution in [0.1, 0.15) is 12.0 Å². The van der Waals surface area contributed by atoms with Crippen LogP contribution in [0.5, 0.6) is 0 Å². The Hall–Kier alpha value is -1.29. The van der Waals surface area contributed by atoms with Crippen molar-refractivity contribution in [2.45, 2.75) is 40.8 Å². The van der Waals surface area contributed by atoms with Gasteiger partial charge in [-0.1, -0.05) is 29.5 Å². The largest absolute Gasteiger partial charge is 0.490 e. The second kappa shape index (κ2) is 7.14. The maximum atomic E-state index is 13.7. The smallest absolute Gasteiger partial charge is 0.451 e. The molecular weight excluding hydrogens is 390 g/mol. The maximum Gasteiger partial charge on any atom is 0.490 e. The van der Waals surface area contributed by atoms with Gasteiger partial charge in [0.1, 0.15) is 6.10 Å². The summed E-state index contributed by atoms with van der Waals surface area (Å²) in [5.74, 6) is -2.51. The molecule has 1 aromatic carbocycles. The van der Waals surface area contributed by atoms with Crippen molar-refractivity contribution in [3.8, 4) is 0 Å². The summed E-state index contributed by atoms with van der Waals surface area (Å²) in [6.07, 6.45) is -11.4. The molecule has 0 radical (unpaired) electrons. The van der Waals surface area contributed by atoms with E-state index >= 15 is 0 Å². The molecule has 1 aliphatic heterocycles. The molecule has 2 atom stereocenters. The molecule has 0 aliphatic carbocycles. The highest BCUT2D eigenvalue weighted by Gasteiger charge is 2.58. The van der Waals surface area contributed by atoms with Crippen molar-refractivity contribution in [3.05, 3.63) is 41.3 Å². The van der Waals surface area contributed by atoms with Gasteiger partial charge in [-0.05, 0) is 30.5 Å². The molecule has 0 bridgehead atoms. The van der Waals surface area contributed by atoms with Gasteiger partial charge in [-0.3, -0.25) is 0 Å². The summed E-state index contributed by atoms with van der Waals surface area (Å²) < 4.78 is 79.6. The van der Waals surface area contributed by atoms with E-state index in [9.17, 15) is 31.1 Å². The number of halogens is 6. The lowest BCUT2D eigenvalue weighted by Crippen LogP contribution is -2.44. The van der Waals surface area contributed by atoms with Gasteiger partial charge in [-0.15, -0.1) is 11.8 Å². The highest BCUT2D eigenvalue weighted by Crippen LogP contribution is 2.57. The lowest BCUT2D eigenvalue weighted by Gasteiger charge is -2.37. The standard InChI is InChI=1S/C15H12F6O2S2/c1-9-2-4-11(5-3-9)25-13(15(19,20)21)8-10(6-7-24-13)23-12(22)14(16,17)18/h2-7,10H,8H2,1H3/t10?,13-/m0/s1. The van der Waals surface area contributed by atoms with Crippen molar-refractivity contribution in [1.82, 2.24) is 0 Å². The van der Waals surface area contributed by atoms with Crippen LogP contribution >= 0.6 is 23.5 Å². The van der Waals surface area contributed by atoms with Crippen LogP contribution in [0, 0.1) is 6.92 Å². The number of ether oxygens (including phenoxy) is 1. The molecule has 0 spiro atoms. The highest BCUT2D eigenvalue weighted by molar-refractivity contribution is 8.19. The van der Waals surface area contributed by atoms with E-state index < -0.39 is 34.9 Å². The van der Waals surface area contributed by atoms with Gasteiger partial charge in [0.25, 0.3) is 0 Å². The number of carbonyl (C=O) groups excluding carboxylic acids is 1. The number of benzene rings is 1. The molecule has 1 aliphatic rings. The average Bonchev–Trinajstić information content (AvgIpc) is 2.48. The minimum atomic E-state index is -5.26. The van der Waals surface area contributed by atoms with Crippen molar-refractivity contribution in [3.63, 3.8) is 0 Å². The minimum absolute atomic E-state index is 0.312. The first-order valence-electron chi connectivity index (χ1n) is 6.88. The molecular formula is C15H12F6O2S2. The molecule has 1 heterocycles. The van der Waals surface area contributed by atoms with Crippen LogP contribution in [-0.4, -0.2) is 28.5 Å². The quantitative estimate of drug-likeness (QED) is 0.495. The van der Waals surface area contributed by atoms with Crippen LogP contribution in [0.15, 0.2) is 40.6 Å². The zero-order valence-electron chi connectivity index (χ0n) is 12.6. The molecule has 0 saturated heterocycles. The molecule has 138 valence electrons. The van der Waals surface area contributed by atoms with E-state index in [1.54, 1.807) is 19.1 Å². The Labute approximate surface area is 148 Å². The third kappa shape index (κ3) is 4.87. The molecule has 0 aromatic heterocycles. The monoisotopic (exact) mass is 402 g/mol. The first kappa shape index (κ1) is 20.0. The Kier molecular flexibility index (Phi) is 5.72. The number of alkyl halides is 6. The number of carbonyl (C=O) groups is 1. The van der Waals surface area contributed by atoms with Gasteiger partial charge in [0.15, 0.2) is 4.08 Å². The molecule has 0 fully saturated rings. The van der Waals surface area contributed by atoms with Crippen molar-refractivity contribution in [2.24, 2.45) is 0 Å². The van der Waals surface area contributed by atoms with Gasteiger partial charge >= 0.3 is 18.3 Å². The normalized spacial score (nSPS) is 24.2. The third-order valence-corrected chi connectivity index (χ3v) is 6.09. The van der Waals surface area contributed by atoms with Crippen molar-refractivity contribution < 1.29 is 35.9 Å². The van der Waals surface area contributed by atoms with E-state index in [0.29, 0.717) is 28.4 Å². The van der Waals surface area contributed by atoms with Gasteiger partial charge in [0.2, 0.25) is 0 Å². The Morgan fingerprint density at radius 1 is 1.20 bits per heavy atom. The van der Waals surface area contributed by atoms with Gasteiger partial charge in [-0.25, -0.2) is 4.79 Å². The van der Waals surface area contributed by atoms with Crippen LogP contribution in [0.4, 0.5) is 26.3 Å². The second-order valence-electron chi connectivity index (χ2n) is 5.26. The fourth-order valence-corrected chi connectivity index (χ4v) is 4.54. The molecule has 1 aromatic rings. The van der Waals surface area contributed by atoms with Gasteiger partial charge < -0.3 is 4.74 Å². The summed E-state index contributed by atoms with van der Waals surface area (Å²) in [5.41, 5.74) is 0.860. The van der Waals surface area contributed by atoms with E-state index in [1.807, 2.05) is 0 Å². The zero-order chi connectivity index (χ0) is 18.9. The molecule has 2 nitrogen and oxygen atoms in total. The highest BCUT2D eigenvalue weighted by atomic mass is 32.2. The Morgan fingerprint density at radius 2 is 1.80 bits per heavy atom. The number of aryl methyl sites for hydroxylation is 1. The fourth-order valence-electron chi connectivity index (χ4n) is 2.01. The Balaban J connectivity index is 2.24. The minimum Gasteiger partial charge on any atom is -0.451 e. The number of hydrogen-bond acceptors (Lipinski definition) is 4. The predicted molar refractivity (Wildman–Crippen MR) is 83.1 cm³/mol. The predicted octanol–water partition coefficient (Wildman–Crippen LogP) is 5.47. The van der Waals surface area contributed by atoms with E-state index in [1.165, 1.54) is 12.1 Å². The zero-order valence-corrected chi connectivity index (χ0v) is 14.3. The number of rotatable bonds is 3. The van der Waals surface area contributed by atoms with E-state index in [4.69, 9.17) is 0 Å².